The van der Waals surface area contributed by atoms with E-state index in [1.165, 1.54) is 7.11 Å². The Morgan fingerprint density at radius 3 is 2.42 bits per heavy atom. The van der Waals surface area contributed by atoms with Gasteiger partial charge in [0.1, 0.15) is 5.54 Å². The van der Waals surface area contributed by atoms with E-state index < -0.39 is 5.54 Å². The molecule has 1 N–H and O–H groups in total. The van der Waals surface area contributed by atoms with Crippen molar-refractivity contribution in [2.75, 3.05) is 12.4 Å². The van der Waals surface area contributed by atoms with Crippen molar-refractivity contribution in [3.8, 4) is 0 Å². The number of esters is 1. The van der Waals surface area contributed by atoms with Gasteiger partial charge in [-0.05, 0) is 37.1 Å². The average molecular weight is 328 g/mol. The van der Waals surface area contributed by atoms with E-state index in [9.17, 15) is 4.79 Å². The molecule has 0 fully saturated rings. The van der Waals surface area contributed by atoms with Crippen molar-refractivity contribution in [1.82, 2.24) is 0 Å². The highest BCUT2D eigenvalue weighted by Gasteiger charge is 2.37. The van der Waals surface area contributed by atoms with Gasteiger partial charge in [0.25, 0.3) is 0 Å². The summed E-state index contributed by atoms with van der Waals surface area (Å²) in [6, 6.07) is 7.84. The van der Waals surface area contributed by atoms with Crippen LogP contribution in [-0.2, 0) is 9.53 Å². The van der Waals surface area contributed by atoms with Crippen molar-refractivity contribution in [2.45, 2.75) is 45.1 Å². The van der Waals surface area contributed by atoms with Crippen molar-refractivity contribution in [2.24, 2.45) is 0 Å². The predicted octanol–water partition coefficient (Wildman–Crippen LogP) is 4.37. The highest BCUT2D eigenvalue weighted by atomic mass is 79.9. The second-order valence-electron chi connectivity index (χ2n) is 4.66. The maximum atomic E-state index is 12.1. The monoisotopic (exact) mass is 327 g/mol. The molecule has 0 aliphatic carbocycles. The van der Waals surface area contributed by atoms with Crippen LogP contribution in [0.4, 0.5) is 5.69 Å². The van der Waals surface area contributed by atoms with Crippen molar-refractivity contribution < 1.29 is 9.53 Å². The Morgan fingerprint density at radius 1 is 1.32 bits per heavy atom. The fourth-order valence-corrected chi connectivity index (χ4v) is 2.37. The molecule has 1 unspecified atom stereocenters. The molecule has 4 heteroatoms. The minimum Gasteiger partial charge on any atom is -0.467 e. The molecule has 1 aromatic rings. The predicted molar refractivity (Wildman–Crippen MR) is 82.3 cm³/mol. The van der Waals surface area contributed by atoms with Crippen LogP contribution < -0.4 is 5.32 Å². The number of hydrogen-bond donors (Lipinski definition) is 1. The van der Waals surface area contributed by atoms with E-state index >= 15 is 0 Å². The Bertz CT molecular complexity index is 405. The summed E-state index contributed by atoms with van der Waals surface area (Å²) >= 11 is 3.41. The van der Waals surface area contributed by atoms with E-state index in [-0.39, 0.29) is 5.97 Å². The average Bonchev–Trinajstić information content (AvgIpc) is 2.45. The number of rotatable bonds is 7. The van der Waals surface area contributed by atoms with Crippen LogP contribution in [0.25, 0.3) is 0 Å². The second kappa shape index (κ2) is 7.53. The summed E-state index contributed by atoms with van der Waals surface area (Å²) < 4.78 is 6.01. The highest BCUT2D eigenvalue weighted by molar-refractivity contribution is 9.10. The normalized spacial score (nSPS) is 13.7. The van der Waals surface area contributed by atoms with Gasteiger partial charge < -0.3 is 10.1 Å². The molecule has 0 radical (unpaired) electrons. The first kappa shape index (κ1) is 16.0. The molecular formula is C15H22BrNO2. The second-order valence-corrected chi connectivity index (χ2v) is 5.58. The molecule has 1 aromatic carbocycles. The number of anilines is 1. The third-order valence-electron chi connectivity index (χ3n) is 3.36. The van der Waals surface area contributed by atoms with Gasteiger partial charge in [-0.15, -0.1) is 0 Å². The number of ether oxygens (including phenoxy) is 1. The molecule has 3 nitrogen and oxygen atoms in total. The van der Waals surface area contributed by atoms with Gasteiger partial charge in [0.15, 0.2) is 0 Å². The standard InChI is InChI=1S/C15H22BrNO2/c1-4-6-11-15(5-2,14(18)19-3)17-13-9-7-12(16)8-10-13/h7-10,17H,4-6,11H2,1-3H3. The first-order valence-electron chi connectivity index (χ1n) is 6.70. The lowest BCUT2D eigenvalue weighted by molar-refractivity contribution is -0.146. The van der Waals surface area contributed by atoms with Gasteiger partial charge >= 0.3 is 5.97 Å². The lowest BCUT2D eigenvalue weighted by Crippen LogP contribution is -2.46. The van der Waals surface area contributed by atoms with Crippen molar-refractivity contribution in [3.63, 3.8) is 0 Å². The number of methoxy groups -OCH3 is 1. The topological polar surface area (TPSA) is 38.3 Å². The quantitative estimate of drug-likeness (QED) is 0.755. The van der Waals surface area contributed by atoms with Crippen LogP contribution in [0.1, 0.15) is 39.5 Å². The van der Waals surface area contributed by atoms with E-state index in [1.807, 2.05) is 31.2 Å². The Balaban J connectivity index is 2.94. The van der Waals surface area contributed by atoms with Gasteiger partial charge in [0.2, 0.25) is 0 Å². The van der Waals surface area contributed by atoms with Gasteiger partial charge in [-0.25, -0.2) is 4.79 Å². The first-order chi connectivity index (χ1) is 9.07. The molecule has 0 bridgehead atoms. The third kappa shape index (κ3) is 4.23. The zero-order valence-electron chi connectivity index (χ0n) is 11.8. The highest BCUT2D eigenvalue weighted by Crippen LogP contribution is 2.27. The zero-order valence-corrected chi connectivity index (χ0v) is 13.4. The van der Waals surface area contributed by atoms with Crippen LogP contribution in [0.5, 0.6) is 0 Å². The number of nitrogens with one attached hydrogen (secondary N) is 1. The van der Waals surface area contributed by atoms with Gasteiger partial charge in [0.05, 0.1) is 7.11 Å². The van der Waals surface area contributed by atoms with Gasteiger partial charge in [-0.3, -0.25) is 0 Å². The summed E-state index contributed by atoms with van der Waals surface area (Å²) in [6.45, 7) is 4.13. The molecule has 0 amide bonds. The molecule has 0 saturated carbocycles. The summed E-state index contributed by atoms with van der Waals surface area (Å²) in [5, 5.41) is 3.36. The minimum atomic E-state index is -0.626. The van der Waals surface area contributed by atoms with E-state index in [2.05, 4.69) is 28.2 Å². The lowest BCUT2D eigenvalue weighted by atomic mass is 9.89. The summed E-state index contributed by atoms with van der Waals surface area (Å²) in [7, 11) is 1.45. The summed E-state index contributed by atoms with van der Waals surface area (Å²) in [6.07, 6.45) is 3.53. The minimum absolute atomic E-state index is 0.189. The molecular weight excluding hydrogens is 306 g/mol. The number of carbonyl (C=O) groups is 1. The maximum Gasteiger partial charge on any atom is 0.331 e. The largest absolute Gasteiger partial charge is 0.467 e. The van der Waals surface area contributed by atoms with Crippen molar-refractivity contribution in [3.05, 3.63) is 28.7 Å². The number of halogens is 1. The summed E-state index contributed by atoms with van der Waals surface area (Å²) in [5.41, 5.74) is 0.310. The molecule has 0 heterocycles. The maximum absolute atomic E-state index is 12.1. The molecule has 19 heavy (non-hydrogen) atoms. The van der Waals surface area contributed by atoms with Crippen LogP contribution in [0, 0.1) is 0 Å². The Hall–Kier alpha value is -1.03. The molecule has 0 saturated heterocycles. The number of benzene rings is 1. The number of carbonyl (C=O) groups excluding carboxylic acids is 1. The molecule has 106 valence electrons. The summed E-state index contributed by atoms with van der Waals surface area (Å²) in [5.74, 6) is -0.189. The van der Waals surface area contributed by atoms with Gasteiger partial charge in [-0.2, -0.15) is 0 Å². The van der Waals surface area contributed by atoms with E-state index in [0.717, 1.165) is 29.4 Å². The summed E-state index contributed by atoms with van der Waals surface area (Å²) in [4.78, 5) is 12.1. The number of unbranched alkanes of at least 4 members (excludes halogenated alkanes) is 1. The van der Waals surface area contributed by atoms with E-state index in [4.69, 9.17) is 4.74 Å². The molecule has 0 aromatic heterocycles. The first-order valence-corrected chi connectivity index (χ1v) is 7.49. The third-order valence-corrected chi connectivity index (χ3v) is 3.89. The van der Waals surface area contributed by atoms with Crippen LogP contribution in [0.2, 0.25) is 0 Å². The lowest BCUT2D eigenvalue weighted by Gasteiger charge is -2.32. The molecule has 0 spiro atoms. The van der Waals surface area contributed by atoms with E-state index in [1.54, 1.807) is 0 Å². The Labute approximate surface area is 123 Å². The fourth-order valence-electron chi connectivity index (χ4n) is 2.11. The Kier molecular flexibility index (Phi) is 6.35. The van der Waals surface area contributed by atoms with Gasteiger partial charge in [0, 0.05) is 10.2 Å². The SMILES string of the molecule is CCCCC(CC)(Nc1ccc(Br)cc1)C(=O)OC. The number of hydrogen-bond acceptors (Lipinski definition) is 3. The fraction of sp³-hybridized carbons (Fsp3) is 0.533. The van der Waals surface area contributed by atoms with Crippen LogP contribution in [0.15, 0.2) is 28.7 Å². The zero-order chi connectivity index (χ0) is 14.3. The van der Waals surface area contributed by atoms with Gasteiger partial charge in [-0.1, -0.05) is 42.6 Å². The van der Waals surface area contributed by atoms with Crippen molar-refractivity contribution in [1.29, 1.82) is 0 Å². The van der Waals surface area contributed by atoms with Crippen LogP contribution >= 0.6 is 15.9 Å². The molecule has 1 atom stereocenters. The van der Waals surface area contributed by atoms with Crippen LogP contribution in [0.3, 0.4) is 0 Å². The van der Waals surface area contributed by atoms with E-state index in [0.29, 0.717) is 6.42 Å². The molecule has 1 rings (SSSR count). The smallest absolute Gasteiger partial charge is 0.331 e. The molecule has 0 aliphatic rings. The van der Waals surface area contributed by atoms with Crippen molar-refractivity contribution >= 4 is 27.6 Å². The van der Waals surface area contributed by atoms with Crippen LogP contribution in [-0.4, -0.2) is 18.6 Å². The Morgan fingerprint density at radius 2 is 1.95 bits per heavy atom. The molecule has 0 aliphatic heterocycles.